The minimum atomic E-state index is 0.533. The van der Waals surface area contributed by atoms with Crippen LogP contribution in [0.4, 0.5) is 0 Å². The van der Waals surface area contributed by atoms with Gasteiger partial charge in [-0.2, -0.15) is 0 Å². The van der Waals surface area contributed by atoms with Crippen molar-refractivity contribution in [3.8, 4) is 0 Å². The molecule has 0 nitrogen and oxygen atoms in total. The summed E-state index contributed by atoms with van der Waals surface area (Å²) in [6, 6.07) is 8.39. The number of allylic oxidation sites excluding steroid dienone is 1. The van der Waals surface area contributed by atoms with Gasteiger partial charge in [-0.1, -0.05) is 44.7 Å². The summed E-state index contributed by atoms with van der Waals surface area (Å²) in [5, 5.41) is 0. The summed E-state index contributed by atoms with van der Waals surface area (Å²) in [5.74, 6) is 0.533. The van der Waals surface area contributed by atoms with Crippen molar-refractivity contribution < 1.29 is 0 Å². The molecule has 1 rings (SSSR count). The van der Waals surface area contributed by atoms with Crippen LogP contribution in [0.3, 0.4) is 0 Å². The van der Waals surface area contributed by atoms with Crippen molar-refractivity contribution in [2.45, 2.75) is 20.8 Å². The standard InChI is InChI=1S/C12H16/c1-9(2)11(4)12-8-6-5-7-10(12)3/h5-9H,4H2,1-3H3. The van der Waals surface area contributed by atoms with E-state index in [1.165, 1.54) is 16.7 Å². The van der Waals surface area contributed by atoms with Gasteiger partial charge in [-0.25, -0.2) is 0 Å². The lowest BCUT2D eigenvalue weighted by molar-refractivity contribution is 0.856. The molecule has 0 amide bonds. The fourth-order valence-electron chi connectivity index (χ4n) is 1.24. The number of hydrogen-bond acceptors (Lipinski definition) is 0. The lowest BCUT2D eigenvalue weighted by Crippen LogP contribution is -1.93. The van der Waals surface area contributed by atoms with Crippen LogP contribution in [0.5, 0.6) is 0 Å². The van der Waals surface area contributed by atoms with Gasteiger partial charge in [-0.15, -0.1) is 0 Å². The lowest BCUT2D eigenvalue weighted by atomic mass is 9.94. The van der Waals surface area contributed by atoms with Crippen molar-refractivity contribution in [3.63, 3.8) is 0 Å². The first-order chi connectivity index (χ1) is 5.63. The van der Waals surface area contributed by atoms with Gasteiger partial charge >= 0.3 is 0 Å². The molecule has 64 valence electrons. The Morgan fingerprint density at radius 1 is 1.25 bits per heavy atom. The molecular formula is C12H16. The number of benzene rings is 1. The van der Waals surface area contributed by atoms with Crippen LogP contribution in [0, 0.1) is 12.8 Å². The minimum Gasteiger partial charge on any atom is -0.0950 e. The first kappa shape index (κ1) is 9.05. The Balaban J connectivity index is 3.03. The first-order valence-corrected chi connectivity index (χ1v) is 4.37. The van der Waals surface area contributed by atoms with Gasteiger partial charge in [0.25, 0.3) is 0 Å². The highest BCUT2D eigenvalue weighted by atomic mass is 14.1. The fraction of sp³-hybridized carbons (Fsp3) is 0.333. The zero-order chi connectivity index (χ0) is 9.14. The van der Waals surface area contributed by atoms with E-state index in [1.54, 1.807) is 0 Å². The summed E-state index contributed by atoms with van der Waals surface area (Å²) < 4.78 is 0. The molecule has 0 N–H and O–H groups in total. The van der Waals surface area contributed by atoms with Gasteiger partial charge in [0.15, 0.2) is 0 Å². The summed E-state index contributed by atoms with van der Waals surface area (Å²) in [4.78, 5) is 0. The Kier molecular flexibility index (Phi) is 2.69. The molecule has 0 fully saturated rings. The third-order valence-electron chi connectivity index (χ3n) is 2.19. The van der Waals surface area contributed by atoms with Crippen molar-refractivity contribution in [1.29, 1.82) is 0 Å². The Bertz CT molecular complexity index is 282. The first-order valence-electron chi connectivity index (χ1n) is 4.37. The quantitative estimate of drug-likeness (QED) is 0.619. The highest BCUT2D eigenvalue weighted by molar-refractivity contribution is 5.67. The van der Waals surface area contributed by atoms with Gasteiger partial charge in [0, 0.05) is 0 Å². The molecule has 0 atom stereocenters. The second-order valence-electron chi connectivity index (χ2n) is 3.49. The van der Waals surface area contributed by atoms with Gasteiger partial charge < -0.3 is 0 Å². The Hall–Kier alpha value is -1.04. The van der Waals surface area contributed by atoms with Crippen molar-refractivity contribution in [1.82, 2.24) is 0 Å². The van der Waals surface area contributed by atoms with Crippen LogP contribution < -0.4 is 0 Å². The highest BCUT2D eigenvalue weighted by Crippen LogP contribution is 2.23. The molecule has 1 aromatic carbocycles. The zero-order valence-electron chi connectivity index (χ0n) is 8.09. The van der Waals surface area contributed by atoms with Crippen molar-refractivity contribution in [2.24, 2.45) is 5.92 Å². The Labute approximate surface area is 74.9 Å². The van der Waals surface area contributed by atoms with E-state index in [9.17, 15) is 0 Å². The number of rotatable bonds is 2. The van der Waals surface area contributed by atoms with Crippen LogP contribution in [0.15, 0.2) is 30.8 Å². The Morgan fingerprint density at radius 2 is 1.83 bits per heavy atom. The molecule has 0 saturated heterocycles. The van der Waals surface area contributed by atoms with Gasteiger partial charge in [0.05, 0.1) is 0 Å². The van der Waals surface area contributed by atoms with E-state index in [-0.39, 0.29) is 0 Å². The average Bonchev–Trinajstić information content (AvgIpc) is 2.04. The fourth-order valence-corrected chi connectivity index (χ4v) is 1.24. The van der Waals surface area contributed by atoms with Crippen LogP contribution in [0.2, 0.25) is 0 Å². The van der Waals surface area contributed by atoms with Crippen LogP contribution in [-0.2, 0) is 0 Å². The molecule has 0 aliphatic rings. The summed E-state index contributed by atoms with van der Waals surface area (Å²) in [6.07, 6.45) is 0. The molecule has 1 aromatic rings. The molecule has 0 heterocycles. The Morgan fingerprint density at radius 3 is 2.33 bits per heavy atom. The molecule has 0 heteroatoms. The summed E-state index contributed by atoms with van der Waals surface area (Å²) in [7, 11) is 0. The largest absolute Gasteiger partial charge is 0.0950 e. The molecular weight excluding hydrogens is 144 g/mol. The molecule has 0 bridgehead atoms. The summed E-state index contributed by atoms with van der Waals surface area (Å²) in [6.45, 7) is 10.6. The maximum Gasteiger partial charge on any atom is -0.0199 e. The van der Waals surface area contributed by atoms with E-state index in [0.29, 0.717) is 5.92 Å². The summed E-state index contributed by atoms with van der Waals surface area (Å²) in [5.41, 5.74) is 3.84. The average molecular weight is 160 g/mol. The second-order valence-corrected chi connectivity index (χ2v) is 3.49. The van der Waals surface area contributed by atoms with Gasteiger partial charge in [0.1, 0.15) is 0 Å². The van der Waals surface area contributed by atoms with Crippen LogP contribution in [0.1, 0.15) is 25.0 Å². The number of hydrogen-bond donors (Lipinski definition) is 0. The van der Waals surface area contributed by atoms with E-state index < -0.39 is 0 Å². The molecule has 0 aromatic heterocycles. The predicted octanol–water partition coefficient (Wildman–Crippen LogP) is 3.66. The SMILES string of the molecule is C=C(c1ccccc1C)C(C)C. The molecule has 0 radical (unpaired) electrons. The normalized spacial score (nSPS) is 10.3. The number of aryl methyl sites for hydroxylation is 1. The zero-order valence-corrected chi connectivity index (χ0v) is 8.09. The molecule has 0 aliphatic carbocycles. The molecule has 12 heavy (non-hydrogen) atoms. The van der Waals surface area contributed by atoms with Gasteiger partial charge in [-0.3, -0.25) is 0 Å². The van der Waals surface area contributed by atoms with E-state index in [4.69, 9.17) is 0 Å². The van der Waals surface area contributed by atoms with Gasteiger partial charge in [0.2, 0.25) is 0 Å². The van der Waals surface area contributed by atoms with Crippen molar-refractivity contribution in [2.75, 3.05) is 0 Å². The van der Waals surface area contributed by atoms with E-state index >= 15 is 0 Å². The third-order valence-corrected chi connectivity index (χ3v) is 2.19. The second kappa shape index (κ2) is 3.57. The lowest BCUT2D eigenvalue weighted by Gasteiger charge is -2.11. The van der Waals surface area contributed by atoms with E-state index in [0.717, 1.165) is 0 Å². The van der Waals surface area contributed by atoms with E-state index in [1.807, 2.05) is 0 Å². The maximum absolute atomic E-state index is 4.09. The maximum atomic E-state index is 4.09. The third kappa shape index (κ3) is 1.76. The van der Waals surface area contributed by atoms with E-state index in [2.05, 4.69) is 51.6 Å². The van der Waals surface area contributed by atoms with Crippen molar-refractivity contribution in [3.05, 3.63) is 42.0 Å². The molecule has 0 aliphatic heterocycles. The van der Waals surface area contributed by atoms with Crippen molar-refractivity contribution >= 4 is 5.57 Å². The predicted molar refractivity (Wildman–Crippen MR) is 55.1 cm³/mol. The molecule has 0 unspecified atom stereocenters. The van der Waals surface area contributed by atoms with Crippen LogP contribution in [-0.4, -0.2) is 0 Å². The molecule has 0 spiro atoms. The monoisotopic (exact) mass is 160 g/mol. The smallest absolute Gasteiger partial charge is 0.0199 e. The van der Waals surface area contributed by atoms with Crippen LogP contribution in [0.25, 0.3) is 5.57 Å². The minimum absolute atomic E-state index is 0.533. The summed E-state index contributed by atoms with van der Waals surface area (Å²) >= 11 is 0. The molecule has 0 saturated carbocycles. The topological polar surface area (TPSA) is 0 Å². The highest BCUT2D eigenvalue weighted by Gasteiger charge is 2.04. The van der Waals surface area contributed by atoms with Gasteiger partial charge in [-0.05, 0) is 29.5 Å². The van der Waals surface area contributed by atoms with Crippen LogP contribution >= 0.6 is 0 Å².